The summed E-state index contributed by atoms with van der Waals surface area (Å²) in [6, 6.07) is -0.908. The summed E-state index contributed by atoms with van der Waals surface area (Å²) in [4.78, 5) is 25.5. The molecule has 9 heteroatoms. The van der Waals surface area contributed by atoms with Crippen LogP contribution in [-0.2, 0) is 18.4 Å². The van der Waals surface area contributed by atoms with Crippen molar-refractivity contribution in [1.29, 1.82) is 0 Å². The van der Waals surface area contributed by atoms with Gasteiger partial charge in [0, 0.05) is 6.42 Å². The SMILES string of the molecule is CCCCCCCCCCCCCCCCCCCCCC/C=C/CC/C=C/CC/C=C/C(O)C(COP(=O)([O-])OCC[N+](C)(C)C)NC(=O)CCCCCCCCCCCCCCCCCCCCCC. The number of hydrogen-bond acceptors (Lipinski definition) is 6. The van der Waals surface area contributed by atoms with E-state index >= 15 is 0 Å². The Balaban J connectivity index is 4.18. The quantitative estimate of drug-likeness (QED) is 0.0272. The monoisotopic (exact) mass is 1030 g/mol. The number of carbonyl (C=O) groups is 1. The maximum absolute atomic E-state index is 13.0. The van der Waals surface area contributed by atoms with Gasteiger partial charge in [-0.1, -0.05) is 294 Å². The molecule has 0 rings (SSSR count). The molecule has 2 N–H and O–H groups in total. The van der Waals surface area contributed by atoms with Gasteiger partial charge in [-0.05, 0) is 44.9 Å². The molecule has 0 heterocycles. The highest BCUT2D eigenvalue weighted by molar-refractivity contribution is 7.45. The van der Waals surface area contributed by atoms with Crippen LogP contribution in [0, 0.1) is 0 Å². The molecule has 0 saturated heterocycles. The van der Waals surface area contributed by atoms with E-state index in [0.717, 1.165) is 44.9 Å². The van der Waals surface area contributed by atoms with Crippen LogP contribution in [0.2, 0.25) is 0 Å². The van der Waals surface area contributed by atoms with E-state index in [-0.39, 0.29) is 12.5 Å². The lowest BCUT2D eigenvalue weighted by Crippen LogP contribution is -2.45. The standard InChI is InChI=1S/C63H123N2O6P/c1-6-8-10-12-14-16-18-20-22-24-26-28-29-30-31-32-33-34-35-36-37-38-40-42-44-46-48-50-52-54-56-62(66)61(60-71-72(68,69)70-59-58-65(3,4)5)64-63(67)57-55-53-51-49-47-45-43-41-39-27-25-23-21-19-17-15-13-11-9-7-2/h38,40,46,48,54,56,61-62,66H,6-37,39,41-45,47,49-53,55,57-60H2,1-5H3,(H-,64,67,68,69)/b40-38+,48-46+,56-54+. The molecule has 8 nitrogen and oxygen atoms in total. The molecule has 0 aliphatic rings. The summed E-state index contributed by atoms with van der Waals surface area (Å²) in [6.45, 7) is 4.67. The van der Waals surface area contributed by atoms with Crippen LogP contribution in [0.1, 0.15) is 309 Å². The van der Waals surface area contributed by atoms with Gasteiger partial charge in [0.05, 0.1) is 39.9 Å². The van der Waals surface area contributed by atoms with Crippen LogP contribution in [0.5, 0.6) is 0 Å². The smallest absolute Gasteiger partial charge is 0.268 e. The van der Waals surface area contributed by atoms with Crippen molar-refractivity contribution in [2.75, 3.05) is 40.9 Å². The van der Waals surface area contributed by atoms with E-state index < -0.39 is 26.6 Å². The van der Waals surface area contributed by atoms with Crippen LogP contribution < -0.4 is 10.2 Å². The van der Waals surface area contributed by atoms with E-state index in [2.05, 4.69) is 43.5 Å². The fraction of sp³-hybridized carbons (Fsp3) is 0.889. The molecule has 3 unspecified atom stereocenters. The van der Waals surface area contributed by atoms with Gasteiger partial charge >= 0.3 is 0 Å². The number of unbranched alkanes of at least 4 members (excludes halogenated alkanes) is 41. The number of phosphoric acid groups is 1. The molecule has 426 valence electrons. The number of likely N-dealkylation sites (N-methyl/N-ethyl adjacent to an activating group) is 1. The number of allylic oxidation sites excluding steroid dienone is 5. The molecule has 1 amide bonds. The number of nitrogens with zero attached hydrogens (tertiary/aromatic N) is 1. The molecular formula is C63H123N2O6P. The Bertz CT molecular complexity index is 1270. The molecule has 0 saturated carbocycles. The fourth-order valence-corrected chi connectivity index (χ4v) is 10.1. The Labute approximate surface area is 448 Å². The van der Waals surface area contributed by atoms with Crippen molar-refractivity contribution < 1.29 is 32.9 Å². The van der Waals surface area contributed by atoms with Crippen LogP contribution in [0.15, 0.2) is 36.5 Å². The van der Waals surface area contributed by atoms with E-state index in [0.29, 0.717) is 17.4 Å². The predicted molar refractivity (Wildman–Crippen MR) is 311 cm³/mol. The van der Waals surface area contributed by atoms with Crippen LogP contribution in [0.25, 0.3) is 0 Å². The second-order valence-electron chi connectivity index (χ2n) is 22.8. The zero-order valence-corrected chi connectivity index (χ0v) is 49.5. The Morgan fingerprint density at radius 2 is 0.778 bits per heavy atom. The minimum Gasteiger partial charge on any atom is -0.756 e. The normalized spacial score (nSPS) is 14.0. The second-order valence-corrected chi connectivity index (χ2v) is 24.2. The topological polar surface area (TPSA) is 108 Å². The van der Waals surface area contributed by atoms with Gasteiger partial charge in [0.25, 0.3) is 7.82 Å². The number of nitrogens with one attached hydrogen (secondary N) is 1. The third-order valence-corrected chi connectivity index (χ3v) is 15.3. The molecule has 0 aromatic carbocycles. The van der Waals surface area contributed by atoms with E-state index in [1.807, 2.05) is 27.2 Å². The fourth-order valence-electron chi connectivity index (χ4n) is 9.42. The van der Waals surface area contributed by atoms with Crippen molar-refractivity contribution in [3.8, 4) is 0 Å². The molecule has 0 fully saturated rings. The van der Waals surface area contributed by atoms with E-state index in [4.69, 9.17) is 9.05 Å². The number of quaternary nitrogens is 1. The van der Waals surface area contributed by atoms with Crippen molar-refractivity contribution in [2.24, 2.45) is 0 Å². The predicted octanol–water partition coefficient (Wildman–Crippen LogP) is 18.7. The summed E-state index contributed by atoms with van der Waals surface area (Å²) >= 11 is 0. The maximum atomic E-state index is 13.0. The number of carbonyl (C=O) groups excluding carboxylic acids is 1. The Morgan fingerprint density at radius 3 is 1.12 bits per heavy atom. The van der Waals surface area contributed by atoms with Crippen molar-refractivity contribution in [2.45, 2.75) is 321 Å². The molecule has 0 aromatic heterocycles. The van der Waals surface area contributed by atoms with E-state index in [9.17, 15) is 19.4 Å². The molecule has 0 bridgehead atoms. The largest absolute Gasteiger partial charge is 0.756 e. The number of phosphoric ester groups is 1. The van der Waals surface area contributed by atoms with Crippen LogP contribution in [0.4, 0.5) is 0 Å². The van der Waals surface area contributed by atoms with E-state index in [1.54, 1.807) is 6.08 Å². The van der Waals surface area contributed by atoms with Crippen LogP contribution >= 0.6 is 7.82 Å². The highest BCUT2D eigenvalue weighted by Crippen LogP contribution is 2.38. The molecule has 3 atom stereocenters. The number of rotatable bonds is 58. The summed E-state index contributed by atoms with van der Waals surface area (Å²) in [5.41, 5.74) is 0. The molecule has 72 heavy (non-hydrogen) atoms. The average Bonchev–Trinajstić information content (AvgIpc) is 3.34. The maximum Gasteiger partial charge on any atom is 0.268 e. The van der Waals surface area contributed by atoms with Gasteiger partial charge in [0.15, 0.2) is 0 Å². The molecule has 0 radical (unpaired) electrons. The number of hydrogen-bond donors (Lipinski definition) is 2. The van der Waals surface area contributed by atoms with Gasteiger partial charge in [0.1, 0.15) is 13.2 Å². The Morgan fingerprint density at radius 1 is 0.472 bits per heavy atom. The molecule has 0 aliphatic carbocycles. The molecule has 0 spiro atoms. The number of aliphatic hydroxyl groups excluding tert-OH is 1. The summed E-state index contributed by atoms with van der Waals surface area (Å²) in [6.07, 6.45) is 71.1. The lowest BCUT2D eigenvalue weighted by atomic mass is 10.0. The third kappa shape index (κ3) is 56.4. The van der Waals surface area contributed by atoms with Gasteiger partial charge in [-0.3, -0.25) is 9.36 Å². The first-order valence-corrected chi connectivity index (χ1v) is 32.8. The molecule has 0 aliphatic heterocycles. The van der Waals surface area contributed by atoms with Crippen molar-refractivity contribution in [3.63, 3.8) is 0 Å². The van der Waals surface area contributed by atoms with Crippen molar-refractivity contribution in [1.82, 2.24) is 5.32 Å². The van der Waals surface area contributed by atoms with E-state index in [1.165, 1.54) is 244 Å². The zero-order chi connectivity index (χ0) is 52.7. The lowest BCUT2D eigenvalue weighted by molar-refractivity contribution is -0.870. The minimum absolute atomic E-state index is 0.00727. The molecular weight excluding hydrogens is 912 g/mol. The highest BCUT2D eigenvalue weighted by atomic mass is 31.2. The summed E-state index contributed by atoms with van der Waals surface area (Å²) < 4.78 is 23.4. The van der Waals surface area contributed by atoms with Crippen molar-refractivity contribution >= 4 is 13.7 Å². The highest BCUT2D eigenvalue weighted by Gasteiger charge is 2.23. The third-order valence-electron chi connectivity index (χ3n) is 14.3. The Kier molecular flexibility index (Phi) is 53.5. The van der Waals surface area contributed by atoms with Gasteiger partial charge < -0.3 is 28.8 Å². The van der Waals surface area contributed by atoms with Crippen molar-refractivity contribution in [3.05, 3.63) is 36.5 Å². The summed E-state index contributed by atoms with van der Waals surface area (Å²) in [5.74, 6) is -0.206. The first-order chi connectivity index (χ1) is 35.0. The van der Waals surface area contributed by atoms with Crippen LogP contribution in [0.3, 0.4) is 0 Å². The minimum atomic E-state index is -4.61. The molecule has 0 aromatic rings. The van der Waals surface area contributed by atoms with Gasteiger partial charge in [-0.2, -0.15) is 0 Å². The lowest BCUT2D eigenvalue weighted by Gasteiger charge is -2.29. The van der Waals surface area contributed by atoms with Gasteiger partial charge in [0.2, 0.25) is 5.91 Å². The summed E-state index contributed by atoms with van der Waals surface area (Å²) in [7, 11) is 1.25. The van der Waals surface area contributed by atoms with Gasteiger partial charge in [-0.25, -0.2) is 0 Å². The second kappa shape index (κ2) is 54.5. The Hall–Kier alpha value is -1.28. The first kappa shape index (κ1) is 70.7. The van der Waals surface area contributed by atoms with Crippen LogP contribution in [-0.4, -0.2) is 68.5 Å². The number of aliphatic hydroxyl groups is 1. The first-order valence-electron chi connectivity index (χ1n) is 31.4. The summed E-state index contributed by atoms with van der Waals surface area (Å²) in [5, 5.41) is 13.9. The zero-order valence-electron chi connectivity index (χ0n) is 48.6. The average molecular weight is 1040 g/mol. The van der Waals surface area contributed by atoms with Gasteiger partial charge in [-0.15, -0.1) is 0 Å². The number of amides is 1.